The molecule has 0 aromatic carbocycles. The molecule has 3 N–H and O–H groups in total. The van der Waals surface area contributed by atoms with Crippen LogP contribution in [0.3, 0.4) is 0 Å². The number of carbonyl (C=O) groups excluding carboxylic acids is 1. The molecule has 142 valence electrons. The monoisotopic (exact) mass is 359 g/mol. The van der Waals surface area contributed by atoms with Crippen LogP contribution in [0, 0.1) is 22.7 Å². The molecule has 1 saturated heterocycles. The summed E-state index contributed by atoms with van der Waals surface area (Å²) < 4.78 is 1.78. The number of amides is 1. The number of nitrogens with two attached hydrogens (primary N) is 1. The highest BCUT2D eigenvalue weighted by atomic mass is 16.2. The smallest absolute Gasteiger partial charge is 0.237 e. The van der Waals surface area contributed by atoms with Crippen molar-refractivity contribution in [3.05, 3.63) is 12.7 Å². The molecule has 4 atom stereocenters. The zero-order valence-corrected chi connectivity index (χ0v) is 15.9. The summed E-state index contributed by atoms with van der Waals surface area (Å²) in [5.41, 5.74) is 6.12. The van der Waals surface area contributed by atoms with Gasteiger partial charge in [-0.3, -0.25) is 9.48 Å². The molecule has 8 nitrogen and oxygen atoms in total. The molecule has 0 spiro atoms. The van der Waals surface area contributed by atoms with Gasteiger partial charge >= 0.3 is 0 Å². The second-order valence-electron chi connectivity index (χ2n) is 8.47. The lowest BCUT2D eigenvalue weighted by Crippen LogP contribution is -2.58. The van der Waals surface area contributed by atoms with Crippen molar-refractivity contribution in [3.8, 4) is 6.07 Å². The molecule has 2 aliphatic rings. The van der Waals surface area contributed by atoms with Crippen molar-refractivity contribution in [1.82, 2.24) is 25.0 Å². The van der Waals surface area contributed by atoms with Crippen LogP contribution in [-0.2, 0) is 11.3 Å². The normalized spacial score (nSPS) is 33.3. The third-order valence-corrected chi connectivity index (χ3v) is 6.42. The van der Waals surface area contributed by atoms with E-state index in [0.29, 0.717) is 19.0 Å². The maximum Gasteiger partial charge on any atom is 0.237 e. The Morgan fingerprint density at radius 2 is 2.27 bits per heavy atom. The van der Waals surface area contributed by atoms with Crippen molar-refractivity contribution in [3.63, 3.8) is 0 Å². The molecule has 26 heavy (non-hydrogen) atoms. The van der Waals surface area contributed by atoms with Gasteiger partial charge in [-0.05, 0) is 30.6 Å². The number of carbonyl (C=O) groups is 1. The van der Waals surface area contributed by atoms with Crippen LogP contribution in [0.25, 0.3) is 0 Å². The number of likely N-dealkylation sites (tertiary alicyclic amines) is 1. The molecule has 1 aliphatic carbocycles. The summed E-state index contributed by atoms with van der Waals surface area (Å²) in [5, 5.41) is 16.9. The van der Waals surface area contributed by atoms with Gasteiger partial charge in [-0.25, -0.2) is 4.98 Å². The van der Waals surface area contributed by atoms with Crippen LogP contribution in [0.2, 0.25) is 0 Å². The summed E-state index contributed by atoms with van der Waals surface area (Å²) in [7, 11) is 0. The first-order valence-corrected chi connectivity index (χ1v) is 9.30. The van der Waals surface area contributed by atoms with Crippen molar-refractivity contribution in [1.29, 1.82) is 5.26 Å². The lowest BCUT2D eigenvalue weighted by molar-refractivity contribution is -0.130. The quantitative estimate of drug-likeness (QED) is 0.792. The maximum atomic E-state index is 12.6. The van der Waals surface area contributed by atoms with Gasteiger partial charge in [0.1, 0.15) is 18.7 Å². The van der Waals surface area contributed by atoms with Gasteiger partial charge in [0, 0.05) is 18.1 Å². The van der Waals surface area contributed by atoms with Crippen LogP contribution >= 0.6 is 0 Å². The standard InChI is InChI=1S/C18H29N7O/c1-13-6-14(7-19)25(9-13)16(26)8-22-15-4-5-18(20,17(15,2)3)10-24-12-21-11-23-24/h11-15,22H,4-6,8-10,20H2,1-3H3/t13-,14-,15+,18-/m0/s1. The number of nitrogens with one attached hydrogen (secondary N) is 1. The molecule has 2 fully saturated rings. The highest BCUT2D eigenvalue weighted by molar-refractivity contribution is 5.79. The van der Waals surface area contributed by atoms with Gasteiger partial charge in [-0.1, -0.05) is 20.8 Å². The predicted octanol–water partition coefficient (Wildman–Crippen LogP) is 0.514. The van der Waals surface area contributed by atoms with E-state index in [-0.39, 0.29) is 30.0 Å². The summed E-state index contributed by atoms with van der Waals surface area (Å²) in [6, 6.07) is 2.09. The fourth-order valence-electron chi connectivity index (χ4n) is 4.43. The molecule has 2 heterocycles. The Balaban J connectivity index is 1.60. The zero-order chi connectivity index (χ0) is 18.9. The van der Waals surface area contributed by atoms with Crippen molar-refractivity contribution >= 4 is 5.91 Å². The first-order chi connectivity index (χ1) is 12.3. The van der Waals surface area contributed by atoms with Crippen LogP contribution in [0.15, 0.2) is 12.7 Å². The summed E-state index contributed by atoms with van der Waals surface area (Å²) in [4.78, 5) is 18.3. The van der Waals surface area contributed by atoms with Gasteiger partial charge in [0.15, 0.2) is 0 Å². The fourth-order valence-corrected chi connectivity index (χ4v) is 4.43. The van der Waals surface area contributed by atoms with E-state index < -0.39 is 5.54 Å². The van der Waals surface area contributed by atoms with Crippen molar-refractivity contribution in [2.45, 2.75) is 64.2 Å². The number of nitrogens with zero attached hydrogens (tertiary/aromatic N) is 5. The van der Waals surface area contributed by atoms with Gasteiger partial charge in [0.05, 0.1) is 19.2 Å². The largest absolute Gasteiger partial charge is 0.325 e. The van der Waals surface area contributed by atoms with Crippen LogP contribution in [0.1, 0.15) is 40.0 Å². The molecular weight excluding hydrogens is 330 g/mol. The molecule has 1 saturated carbocycles. The van der Waals surface area contributed by atoms with E-state index in [4.69, 9.17) is 5.73 Å². The lowest BCUT2D eigenvalue weighted by Gasteiger charge is -2.41. The molecule has 1 aliphatic heterocycles. The van der Waals surface area contributed by atoms with E-state index in [1.54, 1.807) is 15.9 Å². The van der Waals surface area contributed by atoms with E-state index in [0.717, 1.165) is 19.3 Å². The van der Waals surface area contributed by atoms with Gasteiger partial charge in [0.25, 0.3) is 0 Å². The topological polar surface area (TPSA) is 113 Å². The van der Waals surface area contributed by atoms with E-state index in [9.17, 15) is 10.1 Å². The van der Waals surface area contributed by atoms with E-state index >= 15 is 0 Å². The highest BCUT2D eigenvalue weighted by Gasteiger charge is 2.52. The van der Waals surface area contributed by atoms with Gasteiger partial charge in [-0.15, -0.1) is 0 Å². The first kappa shape index (κ1) is 18.8. The summed E-state index contributed by atoms with van der Waals surface area (Å²) in [6.45, 7) is 7.90. The van der Waals surface area contributed by atoms with E-state index in [2.05, 4.69) is 42.2 Å². The Morgan fingerprint density at radius 1 is 1.50 bits per heavy atom. The summed E-state index contributed by atoms with van der Waals surface area (Å²) in [6.07, 6.45) is 5.73. The Hall–Kier alpha value is -1.98. The number of aromatic nitrogens is 3. The molecule has 0 unspecified atom stereocenters. The predicted molar refractivity (Wildman–Crippen MR) is 96.6 cm³/mol. The molecule has 1 amide bonds. The Bertz CT molecular complexity index is 680. The molecule has 0 bridgehead atoms. The fraction of sp³-hybridized carbons (Fsp3) is 0.778. The van der Waals surface area contributed by atoms with Crippen LogP contribution in [0.4, 0.5) is 0 Å². The Kier molecular flexibility index (Phi) is 5.04. The lowest BCUT2D eigenvalue weighted by atomic mass is 9.73. The third-order valence-electron chi connectivity index (χ3n) is 6.42. The SMILES string of the molecule is C[C@H]1C[C@@H](C#N)N(C(=O)CN[C@@H]2CC[C@](N)(Cn3cncn3)C2(C)C)C1. The molecule has 8 heteroatoms. The molecular formula is C18H29N7O. The maximum absolute atomic E-state index is 12.6. The molecule has 1 aromatic heterocycles. The average molecular weight is 359 g/mol. The summed E-state index contributed by atoms with van der Waals surface area (Å²) >= 11 is 0. The number of hydrogen-bond acceptors (Lipinski definition) is 6. The Morgan fingerprint density at radius 3 is 2.92 bits per heavy atom. The van der Waals surface area contributed by atoms with Gasteiger partial charge in [-0.2, -0.15) is 10.4 Å². The van der Waals surface area contributed by atoms with Crippen molar-refractivity contribution in [2.24, 2.45) is 17.1 Å². The number of hydrogen-bond donors (Lipinski definition) is 2. The molecule has 1 aromatic rings. The minimum Gasteiger partial charge on any atom is -0.325 e. The van der Waals surface area contributed by atoms with E-state index in [1.165, 1.54) is 6.33 Å². The minimum absolute atomic E-state index is 0.00231. The van der Waals surface area contributed by atoms with Crippen molar-refractivity contribution in [2.75, 3.05) is 13.1 Å². The second kappa shape index (κ2) is 6.97. The highest BCUT2D eigenvalue weighted by Crippen LogP contribution is 2.45. The number of nitriles is 1. The number of rotatable bonds is 5. The van der Waals surface area contributed by atoms with Crippen molar-refractivity contribution < 1.29 is 4.79 Å². The van der Waals surface area contributed by atoms with Crippen LogP contribution in [0.5, 0.6) is 0 Å². The Labute approximate surface area is 154 Å². The van der Waals surface area contributed by atoms with Crippen LogP contribution < -0.4 is 11.1 Å². The first-order valence-electron chi connectivity index (χ1n) is 9.30. The van der Waals surface area contributed by atoms with Gasteiger partial charge < -0.3 is 16.0 Å². The molecule has 0 radical (unpaired) electrons. The molecule has 3 rings (SSSR count). The third kappa shape index (κ3) is 3.33. The van der Waals surface area contributed by atoms with E-state index in [1.807, 2.05) is 0 Å². The average Bonchev–Trinajstić information content (AvgIpc) is 3.27. The summed E-state index contributed by atoms with van der Waals surface area (Å²) in [5.74, 6) is 0.383. The zero-order valence-electron chi connectivity index (χ0n) is 15.9. The van der Waals surface area contributed by atoms with Crippen LogP contribution in [-0.4, -0.2) is 56.3 Å². The minimum atomic E-state index is -0.418. The van der Waals surface area contributed by atoms with Gasteiger partial charge in [0.2, 0.25) is 5.91 Å². The second-order valence-corrected chi connectivity index (χ2v) is 8.47.